The largest absolute Gasteiger partial charge is 0.497 e. The number of esters is 1. The third-order valence-electron chi connectivity index (χ3n) is 3.12. The molecule has 0 spiro atoms. The van der Waals surface area contributed by atoms with Crippen molar-refractivity contribution < 1.29 is 18.7 Å². The van der Waals surface area contributed by atoms with Gasteiger partial charge in [0.15, 0.2) is 0 Å². The first-order valence-corrected chi connectivity index (χ1v) is 6.71. The first-order chi connectivity index (χ1) is 10.2. The van der Waals surface area contributed by atoms with Gasteiger partial charge in [0.05, 0.1) is 7.11 Å². The molecular formula is C17H17FO3. The molecule has 3 nitrogen and oxygen atoms in total. The summed E-state index contributed by atoms with van der Waals surface area (Å²) in [4.78, 5) is 11.7. The van der Waals surface area contributed by atoms with Gasteiger partial charge < -0.3 is 9.47 Å². The summed E-state index contributed by atoms with van der Waals surface area (Å²) < 4.78 is 23.6. The van der Waals surface area contributed by atoms with Crippen molar-refractivity contribution in [1.29, 1.82) is 0 Å². The smallest absolute Gasteiger partial charge is 0.306 e. The van der Waals surface area contributed by atoms with Crippen molar-refractivity contribution >= 4 is 5.97 Å². The van der Waals surface area contributed by atoms with Crippen LogP contribution in [0.15, 0.2) is 48.5 Å². The molecule has 21 heavy (non-hydrogen) atoms. The molecule has 0 aliphatic rings. The number of halogens is 1. The van der Waals surface area contributed by atoms with E-state index in [1.165, 1.54) is 6.07 Å². The molecule has 0 aliphatic carbocycles. The predicted molar refractivity (Wildman–Crippen MR) is 77.5 cm³/mol. The zero-order valence-electron chi connectivity index (χ0n) is 11.8. The molecule has 0 fully saturated rings. The van der Waals surface area contributed by atoms with Crippen molar-refractivity contribution in [3.8, 4) is 5.75 Å². The molecule has 2 aromatic rings. The van der Waals surface area contributed by atoms with E-state index in [9.17, 15) is 9.18 Å². The Bertz CT molecular complexity index is 593. The van der Waals surface area contributed by atoms with E-state index in [2.05, 4.69) is 0 Å². The topological polar surface area (TPSA) is 35.5 Å². The zero-order chi connectivity index (χ0) is 15.1. The number of carbonyl (C=O) groups excluding carboxylic acids is 1. The van der Waals surface area contributed by atoms with Crippen LogP contribution in [0.1, 0.15) is 17.5 Å². The average Bonchev–Trinajstić information content (AvgIpc) is 2.52. The van der Waals surface area contributed by atoms with Crippen LogP contribution in [0.5, 0.6) is 5.75 Å². The van der Waals surface area contributed by atoms with Gasteiger partial charge in [-0.25, -0.2) is 4.39 Å². The molecule has 110 valence electrons. The number of ether oxygens (including phenoxy) is 2. The Morgan fingerprint density at radius 1 is 1.10 bits per heavy atom. The van der Waals surface area contributed by atoms with Crippen LogP contribution >= 0.6 is 0 Å². The van der Waals surface area contributed by atoms with E-state index in [4.69, 9.17) is 9.47 Å². The maximum Gasteiger partial charge on any atom is 0.306 e. The fraction of sp³-hybridized carbons (Fsp3) is 0.235. The predicted octanol–water partition coefficient (Wildman–Crippen LogP) is 3.51. The fourth-order valence-electron chi connectivity index (χ4n) is 1.90. The minimum absolute atomic E-state index is 0.164. The van der Waals surface area contributed by atoms with Crippen molar-refractivity contribution in [2.24, 2.45) is 0 Å². The summed E-state index contributed by atoms with van der Waals surface area (Å²) in [6.45, 7) is 0.208. The number of hydrogen-bond donors (Lipinski definition) is 0. The van der Waals surface area contributed by atoms with Crippen LogP contribution < -0.4 is 4.74 Å². The van der Waals surface area contributed by atoms with Crippen LogP contribution in [0.4, 0.5) is 4.39 Å². The average molecular weight is 288 g/mol. The van der Waals surface area contributed by atoms with Crippen molar-refractivity contribution in [2.45, 2.75) is 19.4 Å². The number of rotatable bonds is 6. The minimum atomic E-state index is -0.339. The van der Waals surface area contributed by atoms with Crippen LogP contribution in [0.2, 0.25) is 0 Å². The van der Waals surface area contributed by atoms with E-state index in [0.717, 1.165) is 11.3 Å². The van der Waals surface area contributed by atoms with Gasteiger partial charge in [-0.05, 0) is 35.7 Å². The molecule has 2 aromatic carbocycles. The second-order valence-corrected chi connectivity index (χ2v) is 4.60. The summed E-state index contributed by atoms with van der Waals surface area (Å²) in [7, 11) is 1.59. The lowest BCUT2D eigenvalue weighted by atomic mass is 10.1. The van der Waals surface area contributed by atoms with Crippen LogP contribution in [-0.4, -0.2) is 13.1 Å². The Hall–Kier alpha value is -2.36. The highest BCUT2D eigenvalue weighted by Gasteiger charge is 2.07. The first kappa shape index (κ1) is 15.0. The Labute approximate surface area is 123 Å². The second-order valence-electron chi connectivity index (χ2n) is 4.60. The molecule has 2 rings (SSSR count). The first-order valence-electron chi connectivity index (χ1n) is 6.71. The Morgan fingerprint density at radius 3 is 2.48 bits per heavy atom. The number of hydrogen-bond acceptors (Lipinski definition) is 3. The molecule has 0 unspecified atom stereocenters. The highest BCUT2D eigenvalue weighted by molar-refractivity contribution is 5.69. The van der Waals surface area contributed by atoms with Crippen LogP contribution in [0, 0.1) is 5.82 Å². The summed E-state index contributed by atoms with van der Waals surface area (Å²) in [5, 5.41) is 0. The summed E-state index contributed by atoms with van der Waals surface area (Å²) in [6, 6.07) is 13.7. The maximum absolute atomic E-state index is 13.4. The fourth-order valence-corrected chi connectivity index (χ4v) is 1.90. The van der Waals surface area contributed by atoms with Gasteiger partial charge in [-0.1, -0.05) is 30.3 Å². The zero-order valence-corrected chi connectivity index (χ0v) is 11.8. The SMILES string of the molecule is COc1ccc(COC(=O)CCc2ccccc2F)cc1. The lowest BCUT2D eigenvalue weighted by Crippen LogP contribution is -2.06. The van der Waals surface area contributed by atoms with Gasteiger partial charge in [0, 0.05) is 6.42 Å². The summed E-state index contributed by atoms with van der Waals surface area (Å²) in [6.07, 6.45) is 0.505. The molecule has 0 radical (unpaired) electrons. The van der Waals surface area contributed by atoms with Gasteiger partial charge in [-0.2, -0.15) is 0 Å². The van der Waals surface area contributed by atoms with Crippen LogP contribution in [0.25, 0.3) is 0 Å². The molecule has 0 N–H and O–H groups in total. The third-order valence-corrected chi connectivity index (χ3v) is 3.12. The monoisotopic (exact) mass is 288 g/mol. The summed E-state index contributed by atoms with van der Waals surface area (Å²) in [5.74, 6) is 0.124. The van der Waals surface area contributed by atoms with Gasteiger partial charge in [0.25, 0.3) is 0 Å². The van der Waals surface area contributed by atoms with E-state index < -0.39 is 0 Å². The molecule has 0 amide bonds. The maximum atomic E-state index is 13.4. The van der Waals surface area contributed by atoms with Gasteiger partial charge in [0.2, 0.25) is 0 Å². The lowest BCUT2D eigenvalue weighted by molar-refractivity contribution is -0.144. The molecule has 0 aromatic heterocycles. The summed E-state index contributed by atoms with van der Waals surface area (Å²) >= 11 is 0. The van der Waals surface area contributed by atoms with Crippen LogP contribution in [0.3, 0.4) is 0 Å². The van der Waals surface area contributed by atoms with E-state index in [1.54, 1.807) is 25.3 Å². The molecule has 0 bridgehead atoms. The number of aryl methyl sites for hydroxylation is 1. The van der Waals surface area contributed by atoms with Gasteiger partial charge >= 0.3 is 5.97 Å². The lowest BCUT2D eigenvalue weighted by Gasteiger charge is -2.06. The quantitative estimate of drug-likeness (QED) is 0.763. The molecule has 0 saturated carbocycles. The molecule has 4 heteroatoms. The second kappa shape index (κ2) is 7.43. The summed E-state index contributed by atoms with van der Waals surface area (Å²) in [5.41, 5.74) is 1.41. The highest BCUT2D eigenvalue weighted by atomic mass is 19.1. The molecule has 0 aliphatic heterocycles. The molecular weight excluding hydrogens is 271 g/mol. The van der Waals surface area contributed by atoms with Gasteiger partial charge in [-0.15, -0.1) is 0 Å². The molecule has 0 atom stereocenters. The molecule has 0 heterocycles. The van der Waals surface area contributed by atoms with Crippen LogP contribution in [-0.2, 0) is 22.6 Å². The van der Waals surface area contributed by atoms with E-state index in [1.807, 2.05) is 24.3 Å². The van der Waals surface area contributed by atoms with Crippen molar-refractivity contribution in [1.82, 2.24) is 0 Å². The van der Waals surface area contributed by atoms with E-state index in [-0.39, 0.29) is 24.8 Å². The molecule has 0 saturated heterocycles. The highest BCUT2D eigenvalue weighted by Crippen LogP contribution is 2.13. The van der Waals surface area contributed by atoms with Crippen molar-refractivity contribution in [3.63, 3.8) is 0 Å². The number of carbonyl (C=O) groups is 1. The number of benzene rings is 2. The van der Waals surface area contributed by atoms with E-state index in [0.29, 0.717) is 12.0 Å². The normalized spacial score (nSPS) is 10.2. The third kappa shape index (κ3) is 4.60. The van der Waals surface area contributed by atoms with E-state index >= 15 is 0 Å². The number of methoxy groups -OCH3 is 1. The van der Waals surface area contributed by atoms with Crippen molar-refractivity contribution in [3.05, 3.63) is 65.5 Å². The van der Waals surface area contributed by atoms with Gasteiger partial charge in [0.1, 0.15) is 18.2 Å². The standard InChI is InChI=1S/C17H17FO3/c1-20-15-9-6-13(7-10-15)12-21-17(19)11-8-14-4-2-3-5-16(14)18/h2-7,9-10H,8,11-12H2,1H3. The van der Waals surface area contributed by atoms with Crippen molar-refractivity contribution in [2.75, 3.05) is 7.11 Å². The van der Waals surface area contributed by atoms with Gasteiger partial charge in [-0.3, -0.25) is 4.79 Å². The Balaban J connectivity index is 1.78. The Kier molecular flexibility index (Phi) is 5.32. The minimum Gasteiger partial charge on any atom is -0.497 e. The Morgan fingerprint density at radius 2 is 1.81 bits per heavy atom.